The molecule has 2 amide bonds. The Balaban J connectivity index is 1.71. The molecule has 0 bridgehead atoms. The number of benzene rings is 2. The summed E-state index contributed by atoms with van der Waals surface area (Å²) in [5.74, 6) is -3.71. The second kappa shape index (κ2) is 11.3. The topological polar surface area (TPSA) is 76.7 Å². The highest BCUT2D eigenvalue weighted by atomic mass is 35.5. The molecule has 0 saturated carbocycles. The van der Waals surface area contributed by atoms with Crippen LogP contribution in [0.5, 0.6) is 11.5 Å². The van der Waals surface area contributed by atoms with Gasteiger partial charge in [0.2, 0.25) is 5.91 Å². The summed E-state index contributed by atoms with van der Waals surface area (Å²) in [7, 11) is 1.15. The van der Waals surface area contributed by atoms with Gasteiger partial charge in [-0.15, -0.1) is 0 Å². The number of nitrogens with one attached hydrogen (secondary N) is 2. The molecule has 0 unspecified atom stereocenters. The SMILES string of the molecule is C=C(CCC(=O)NCc1cc(F)c(OC)c(F)c1)NC(=O)COc1ccc(Cl)c(F)c1. The van der Waals surface area contributed by atoms with Crippen LogP contribution in [0.2, 0.25) is 5.02 Å². The molecule has 0 fully saturated rings. The molecule has 0 spiro atoms. The van der Waals surface area contributed by atoms with Gasteiger partial charge in [0.05, 0.1) is 12.1 Å². The summed E-state index contributed by atoms with van der Waals surface area (Å²) in [6, 6.07) is 5.89. The average Bonchev–Trinajstić information content (AvgIpc) is 2.71. The number of allylic oxidation sites excluding steroid dienone is 1. The third-order valence-electron chi connectivity index (χ3n) is 3.98. The summed E-state index contributed by atoms with van der Waals surface area (Å²) < 4.78 is 50.4. The molecule has 2 aromatic carbocycles. The Kier molecular flexibility index (Phi) is 8.75. The van der Waals surface area contributed by atoms with Crippen molar-refractivity contribution in [1.29, 1.82) is 0 Å². The molecule has 10 heteroatoms. The Morgan fingerprint density at radius 1 is 1.03 bits per heavy atom. The van der Waals surface area contributed by atoms with Crippen molar-refractivity contribution in [1.82, 2.24) is 10.6 Å². The average molecular weight is 457 g/mol. The lowest BCUT2D eigenvalue weighted by Crippen LogP contribution is -2.29. The van der Waals surface area contributed by atoms with Gasteiger partial charge >= 0.3 is 0 Å². The van der Waals surface area contributed by atoms with E-state index in [0.717, 1.165) is 25.3 Å². The van der Waals surface area contributed by atoms with Crippen LogP contribution in [0.15, 0.2) is 42.6 Å². The van der Waals surface area contributed by atoms with Crippen LogP contribution in [0.25, 0.3) is 0 Å². The Bertz CT molecular complexity index is 962. The summed E-state index contributed by atoms with van der Waals surface area (Å²) >= 11 is 5.56. The summed E-state index contributed by atoms with van der Waals surface area (Å²) in [6.07, 6.45) is 0.127. The molecular weight excluding hydrogens is 437 g/mol. The smallest absolute Gasteiger partial charge is 0.262 e. The molecule has 166 valence electrons. The minimum atomic E-state index is -0.869. The zero-order valence-electron chi connectivity index (χ0n) is 16.6. The highest BCUT2D eigenvalue weighted by molar-refractivity contribution is 6.30. The molecule has 0 aliphatic carbocycles. The summed E-state index contributed by atoms with van der Waals surface area (Å²) in [5, 5.41) is 4.92. The first-order valence-electron chi connectivity index (χ1n) is 9.03. The van der Waals surface area contributed by atoms with Crippen LogP contribution in [0.4, 0.5) is 13.2 Å². The van der Waals surface area contributed by atoms with Crippen LogP contribution in [0.3, 0.4) is 0 Å². The molecule has 2 rings (SSSR count). The van der Waals surface area contributed by atoms with Gasteiger partial charge in [0.15, 0.2) is 24.0 Å². The number of carbonyl (C=O) groups is 2. The number of amides is 2. The van der Waals surface area contributed by atoms with Gasteiger partial charge in [-0.1, -0.05) is 18.2 Å². The van der Waals surface area contributed by atoms with Crippen LogP contribution in [0, 0.1) is 17.5 Å². The van der Waals surface area contributed by atoms with Crippen molar-refractivity contribution >= 4 is 23.4 Å². The quantitative estimate of drug-likeness (QED) is 0.569. The number of carbonyl (C=O) groups excluding carboxylic acids is 2. The molecule has 6 nitrogen and oxygen atoms in total. The van der Waals surface area contributed by atoms with Crippen molar-refractivity contribution in [3.05, 3.63) is 70.6 Å². The molecule has 31 heavy (non-hydrogen) atoms. The minimum absolute atomic E-state index is 0.0104. The molecule has 0 radical (unpaired) electrons. The van der Waals surface area contributed by atoms with Gasteiger partial charge in [-0.05, 0) is 36.2 Å². The zero-order chi connectivity index (χ0) is 23.0. The number of hydrogen-bond acceptors (Lipinski definition) is 4. The van der Waals surface area contributed by atoms with Crippen molar-refractivity contribution in [3.8, 4) is 11.5 Å². The maximum atomic E-state index is 13.7. The number of halogens is 4. The first-order chi connectivity index (χ1) is 14.7. The Morgan fingerprint density at radius 2 is 1.71 bits per heavy atom. The van der Waals surface area contributed by atoms with Crippen molar-refractivity contribution in [2.24, 2.45) is 0 Å². The molecule has 2 aromatic rings. The highest BCUT2D eigenvalue weighted by Gasteiger charge is 2.13. The van der Waals surface area contributed by atoms with Gasteiger partial charge in [-0.2, -0.15) is 0 Å². The van der Waals surface area contributed by atoms with Crippen LogP contribution in [0.1, 0.15) is 18.4 Å². The van der Waals surface area contributed by atoms with Crippen molar-refractivity contribution in [3.63, 3.8) is 0 Å². The first kappa shape index (κ1) is 24.1. The third-order valence-corrected chi connectivity index (χ3v) is 4.29. The van der Waals surface area contributed by atoms with Gasteiger partial charge < -0.3 is 20.1 Å². The van der Waals surface area contributed by atoms with Crippen LogP contribution in [-0.4, -0.2) is 25.5 Å². The molecule has 0 aliphatic heterocycles. The predicted octanol–water partition coefficient (Wildman–Crippen LogP) is 3.87. The fourth-order valence-electron chi connectivity index (χ4n) is 2.47. The summed E-state index contributed by atoms with van der Waals surface area (Å²) in [4.78, 5) is 23.8. The van der Waals surface area contributed by atoms with Gasteiger partial charge in [-0.25, -0.2) is 13.2 Å². The van der Waals surface area contributed by atoms with E-state index in [1.807, 2.05) is 0 Å². The normalized spacial score (nSPS) is 10.4. The molecule has 0 saturated heterocycles. The van der Waals surface area contributed by atoms with Crippen molar-refractivity contribution < 1.29 is 32.2 Å². The molecule has 0 aromatic heterocycles. The van der Waals surface area contributed by atoms with E-state index in [4.69, 9.17) is 16.3 Å². The first-order valence-corrected chi connectivity index (χ1v) is 9.41. The van der Waals surface area contributed by atoms with Gasteiger partial charge in [0, 0.05) is 24.7 Å². The molecular formula is C21H20ClF3N2O4. The number of ether oxygens (including phenoxy) is 2. The van der Waals surface area contributed by atoms with E-state index in [0.29, 0.717) is 0 Å². The van der Waals surface area contributed by atoms with E-state index in [2.05, 4.69) is 21.9 Å². The maximum absolute atomic E-state index is 13.7. The van der Waals surface area contributed by atoms with Gasteiger partial charge in [0.25, 0.3) is 5.91 Å². The second-order valence-electron chi connectivity index (χ2n) is 6.39. The largest absolute Gasteiger partial charge is 0.491 e. The molecule has 0 atom stereocenters. The van der Waals surface area contributed by atoms with Gasteiger partial charge in [-0.3, -0.25) is 9.59 Å². The van der Waals surface area contributed by atoms with E-state index in [1.54, 1.807) is 0 Å². The molecule has 2 N–H and O–H groups in total. The number of rotatable bonds is 10. The fourth-order valence-corrected chi connectivity index (χ4v) is 2.59. The van der Waals surface area contributed by atoms with Crippen molar-refractivity contribution in [2.45, 2.75) is 19.4 Å². The second-order valence-corrected chi connectivity index (χ2v) is 6.79. The molecule has 0 aliphatic rings. The Labute approximate surface area is 182 Å². The molecule has 0 heterocycles. The monoisotopic (exact) mass is 456 g/mol. The van der Waals surface area contributed by atoms with Crippen LogP contribution < -0.4 is 20.1 Å². The van der Waals surface area contributed by atoms with E-state index in [9.17, 15) is 22.8 Å². The van der Waals surface area contributed by atoms with E-state index < -0.39 is 35.0 Å². The van der Waals surface area contributed by atoms with E-state index in [-0.39, 0.29) is 48.0 Å². The van der Waals surface area contributed by atoms with Gasteiger partial charge in [0.1, 0.15) is 11.6 Å². The van der Waals surface area contributed by atoms with Crippen LogP contribution >= 0.6 is 11.6 Å². The van der Waals surface area contributed by atoms with E-state index in [1.165, 1.54) is 12.1 Å². The lowest BCUT2D eigenvalue weighted by Gasteiger charge is -2.11. The summed E-state index contributed by atoms with van der Waals surface area (Å²) in [5.41, 5.74) is 0.500. The van der Waals surface area contributed by atoms with E-state index >= 15 is 0 Å². The third kappa shape index (κ3) is 7.53. The Morgan fingerprint density at radius 3 is 2.32 bits per heavy atom. The fraction of sp³-hybridized carbons (Fsp3) is 0.238. The lowest BCUT2D eigenvalue weighted by atomic mass is 10.2. The summed E-state index contributed by atoms with van der Waals surface area (Å²) in [6.45, 7) is 3.18. The maximum Gasteiger partial charge on any atom is 0.262 e. The highest BCUT2D eigenvalue weighted by Crippen LogP contribution is 2.23. The predicted molar refractivity (Wildman–Crippen MR) is 108 cm³/mol. The Hall–Kier alpha value is -3.20. The van der Waals surface area contributed by atoms with Crippen molar-refractivity contribution in [2.75, 3.05) is 13.7 Å². The standard InChI is InChI=1S/C21H20ClF3N2O4/c1-12(27-20(29)11-31-14-4-5-15(22)16(23)9-14)3-6-19(28)26-10-13-7-17(24)21(30-2)18(25)8-13/h4-5,7-9H,1,3,6,10-11H2,2H3,(H,26,28)(H,27,29). The zero-order valence-corrected chi connectivity index (χ0v) is 17.3. The lowest BCUT2D eigenvalue weighted by molar-refractivity contribution is -0.123. The number of hydrogen-bond donors (Lipinski definition) is 2. The minimum Gasteiger partial charge on any atom is -0.491 e. The van der Waals surface area contributed by atoms with Crippen LogP contribution in [-0.2, 0) is 16.1 Å². The number of methoxy groups -OCH3 is 1.